The van der Waals surface area contributed by atoms with Crippen LogP contribution < -0.4 is 5.32 Å². The van der Waals surface area contributed by atoms with Gasteiger partial charge in [0.15, 0.2) is 0 Å². The molecular weight excluding hydrogens is 358 g/mol. The summed E-state index contributed by atoms with van der Waals surface area (Å²) in [5.41, 5.74) is 0.457. The summed E-state index contributed by atoms with van der Waals surface area (Å²) in [6, 6.07) is 2.55. The number of nitrogens with zero attached hydrogens (tertiary/aromatic N) is 5. The largest absolute Gasteiger partial charge is 0.339 e. The Balaban J connectivity index is 1.29. The highest BCUT2D eigenvalue weighted by Gasteiger charge is 2.32. The van der Waals surface area contributed by atoms with Crippen LogP contribution in [0, 0.1) is 17.6 Å². The van der Waals surface area contributed by atoms with Crippen molar-refractivity contribution in [1.82, 2.24) is 25.0 Å². The van der Waals surface area contributed by atoms with Crippen molar-refractivity contribution in [3.63, 3.8) is 0 Å². The molecule has 0 aliphatic carbocycles. The van der Waals surface area contributed by atoms with Crippen LogP contribution in [-0.4, -0.2) is 44.1 Å². The van der Waals surface area contributed by atoms with Crippen LogP contribution in [0.4, 0.5) is 19.3 Å². The van der Waals surface area contributed by atoms with Crippen LogP contribution in [0.5, 0.6) is 0 Å². The number of carbonyl (C=O) groups excluding carboxylic acids is 1. The number of rotatable bonds is 4. The van der Waals surface area contributed by atoms with E-state index in [1.165, 1.54) is 17.2 Å². The van der Waals surface area contributed by atoms with Crippen LogP contribution in [0.15, 0.2) is 41.3 Å². The SMILES string of the molecule is O=C(Nc1ccc(F)cc1F)N1CC(Cc2nc(-c3cnccn3)no2)C1. The minimum absolute atomic E-state index is 0.0598. The summed E-state index contributed by atoms with van der Waals surface area (Å²) in [4.78, 5) is 26.0. The van der Waals surface area contributed by atoms with E-state index in [1.807, 2.05) is 0 Å². The third kappa shape index (κ3) is 3.73. The van der Waals surface area contributed by atoms with Gasteiger partial charge in [0.05, 0.1) is 11.9 Å². The van der Waals surface area contributed by atoms with Crippen LogP contribution in [-0.2, 0) is 6.42 Å². The average molecular weight is 372 g/mol. The van der Waals surface area contributed by atoms with Crippen LogP contribution in [0.3, 0.4) is 0 Å². The maximum absolute atomic E-state index is 13.6. The molecule has 8 nitrogen and oxygen atoms in total. The lowest BCUT2D eigenvalue weighted by atomic mass is 9.97. The van der Waals surface area contributed by atoms with Crippen molar-refractivity contribution in [2.24, 2.45) is 5.92 Å². The molecule has 2 aromatic heterocycles. The van der Waals surface area contributed by atoms with Gasteiger partial charge in [-0.2, -0.15) is 4.98 Å². The van der Waals surface area contributed by atoms with E-state index in [1.54, 1.807) is 12.4 Å². The number of anilines is 1. The van der Waals surface area contributed by atoms with Crippen molar-refractivity contribution in [2.75, 3.05) is 18.4 Å². The molecule has 0 atom stereocenters. The highest BCUT2D eigenvalue weighted by molar-refractivity contribution is 5.89. The van der Waals surface area contributed by atoms with Gasteiger partial charge >= 0.3 is 6.03 Å². The van der Waals surface area contributed by atoms with Crippen LogP contribution >= 0.6 is 0 Å². The monoisotopic (exact) mass is 372 g/mol. The second-order valence-corrected chi connectivity index (χ2v) is 6.13. The minimum atomic E-state index is -0.817. The van der Waals surface area contributed by atoms with Crippen molar-refractivity contribution >= 4 is 11.7 Å². The first-order valence-electron chi connectivity index (χ1n) is 8.18. The van der Waals surface area contributed by atoms with Crippen molar-refractivity contribution in [3.8, 4) is 11.5 Å². The Bertz CT molecular complexity index is 959. The smallest absolute Gasteiger partial charge is 0.321 e. The molecule has 1 N–H and O–H groups in total. The number of hydrogen-bond acceptors (Lipinski definition) is 6. The van der Waals surface area contributed by atoms with Crippen molar-refractivity contribution in [3.05, 3.63) is 54.3 Å². The highest BCUT2D eigenvalue weighted by atomic mass is 19.1. The molecule has 1 fully saturated rings. The van der Waals surface area contributed by atoms with Gasteiger partial charge in [-0.3, -0.25) is 4.98 Å². The molecule has 1 aliphatic heterocycles. The number of amides is 2. The number of aromatic nitrogens is 4. The molecule has 2 amide bonds. The number of carbonyl (C=O) groups is 1. The maximum Gasteiger partial charge on any atom is 0.321 e. The first kappa shape index (κ1) is 17.0. The number of benzene rings is 1. The number of nitrogens with one attached hydrogen (secondary N) is 1. The molecule has 0 radical (unpaired) electrons. The second kappa shape index (κ2) is 7.06. The summed E-state index contributed by atoms with van der Waals surface area (Å²) in [5, 5.41) is 6.30. The summed E-state index contributed by atoms with van der Waals surface area (Å²) in [6.45, 7) is 0.939. The summed E-state index contributed by atoms with van der Waals surface area (Å²) in [5.74, 6) is -0.550. The second-order valence-electron chi connectivity index (χ2n) is 6.13. The molecule has 27 heavy (non-hydrogen) atoms. The van der Waals surface area contributed by atoms with Gasteiger partial charge in [0.25, 0.3) is 0 Å². The molecule has 3 heterocycles. The van der Waals surface area contributed by atoms with E-state index in [2.05, 4.69) is 25.4 Å². The Morgan fingerprint density at radius 3 is 2.89 bits per heavy atom. The van der Waals surface area contributed by atoms with Gasteiger partial charge in [0.2, 0.25) is 11.7 Å². The third-order valence-corrected chi connectivity index (χ3v) is 4.14. The molecular formula is C17H14F2N6O2. The first-order valence-corrected chi connectivity index (χ1v) is 8.18. The van der Waals surface area contributed by atoms with E-state index >= 15 is 0 Å². The number of urea groups is 1. The lowest BCUT2D eigenvalue weighted by Gasteiger charge is -2.38. The van der Waals surface area contributed by atoms with Crippen molar-refractivity contribution < 1.29 is 18.1 Å². The fraction of sp³-hybridized carbons (Fsp3) is 0.235. The van der Waals surface area contributed by atoms with Crippen molar-refractivity contribution in [2.45, 2.75) is 6.42 Å². The Morgan fingerprint density at radius 2 is 2.15 bits per heavy atom. The van der Waals surface area contributed by atoms with Gasteiger partial charge in [-0.05, 0) is 12.1 Å². The average Bonchev–Trinajstić information content (AvgIpc) is 3.09. The molecule has 0 bridgehead atoms. The molecule has 1 aromatic carbocycles. The maximum atomic E-state index is 13.6. The van der Waals surface area contributed by atoms with E-state index in [9.17, 15) is 13.6 Å². The zero-order valence-electron chi connectivity index (χ0n) is 14.0. The molecule has 1 saturated heterocycles. The quantitative estimate of drug-likeness (QED) is 0.756. The standard InChI is InChI=1S/C17H14F2N6O2/c18-11-1-2-13(12(19)6-11)22-17(26)25-8-10(9-25)5-15-23-16(24-27-15)14-7-20-3-4-21-14/h1-4,6-7,10H,5,8-9H2,(H,22,26). The molecule has 0 unspecified atom stereocenters. The summed E-state index contributed by atoms with van der Waals surface area (Å²) in [6.07, 6.45) is 5.15. The van der Waals surface area contributed by atoms with E-state index in [0.29, 0.717) is 36.9 Å². The summed E-state index contributed by atoms with van der Waals surface area (Å²) in [7, 11) is 0. The van der Waals surface area contributed by atoms with Gasteiger partial charge in [0.1, 0.15) is 17.3 Å². The zero-order chi connectivity index (χ0) is 18.8. The lowest BCUT2D eigenvalue weighted by molar-refractivity contribution is 0.125. The van der Waals surface area contributed by atoms with Gasteiger partial charge < -0.3 is 14.7 Å². The first-order chi connectivity index (χ1) is 13.1. The van der Waals surface area contributed by atoms with E-state index in [-0.39, 0.29) is 11.6 Å². The molecule has 138 valence electrons. The van der Waals surface area contributed by atoms with Gasteiger partial charge in [0, 0.05) is 43.9 Å². The predicted molar refractivity (Wildman–Crippen MR) is 89.5 cm³/mol. The molecule has 1 aliphatic rings. The molecule has 4 rings (SSSR count). The molecule has 0 saturated carbocycles. The summed E-state index contributed by atoms with van der Waals surface area (Å²) < 4.78 is 31.7. The molecule has 10 heteroatoms. The number of hydrogen-bond donors (Lipinski definition) is 1. The molecule has 3 aromatic rings. The van der Waals surface area contributed by atoms with Crippen molar-refractivity contribution in [1.29, 1.82) is 0 Å². The number of likely N-dealkylation sites (tertiary alicyclic amines) is 1. The third-order valence-electron chi connectivity index (χ3n) is 4.14. The van der Waals surface area contributed by atoms with E-state index < -0.39 is 17.7 Å². The highest BCUT2D eigenvalue weighted by Crippen LogP contribution is 2.23. The van der Waals surface area contributed by atoms with E-state index in [4.69, 9.17) is 4.52 Å². The van der Waals surface area contributed by atoms with Crippen LogP contribution in [0.2, 0.25) is 0 Å². The summed E-state index contributed by atoms with van der Waals surface area (Å²) >= 11 is 0. The van der Waals surface area contributed by atoms with Crippen LogP contribution in [0.1, 0.15) is 5.89 Å². The minimum Gasteiger partial charge on any atom is -0.339 e. The zero-order valence-corrected chi connectivity index (χ0v) is 14.0. The Hall–Kier alpha value is -3.43. The number of halogens is 2. The van der Waals surface area contributed by atoms with Gasteiger partial charge in [-0.15, -0.1) is 0 Å². The van der Waals surface area contributed by atoms with Gasteiger partial charge in [-0.1, -0.05) is 5.16 Å². The fourth-order valence-corrected chi connectivity index (χ4v) is 2.75. The normalized spacial score (nSPS) is 14.1. The Labute approximate surface area is 152 Å². The lowest BCUT2D eigenvalue weighted by Crippen LogP contribution is -2.52. The Kier molecular flexibility index (Phi) is 4.45. The fourth-order valence-electron chi connectivity index (χ4n) is 2.75. The molecule has 0 spiro atoms. The van der Waals surface area contributed by atoms with E-state index in [0.717, 1.165) is 12.1 Å². The van der Waals surface area contributed by atoms with Gasteiger partial charge in [-0.25, -0.2) is 18.6 Å². The predicted octanol–water partition coefficient (Wildman–Crippen LogP) is 2.51. The Morgan fingerprint density at radius 1 is 1.30 bits per heavy atom. The van der Waals surface area contributed by atoms with Crippen LogP contribution in [0.25, 0.3) is 11.5 Å². The topological polar surface area (TPSA) is 97.0 Å².